The Kier molecular flexibility index (Phi) is 6.50. The summed E-state index contributed by atoms with van der Waals surface area (Å²) < 4.78 is 0. The number of nitro benzene ring substituents is 1. The fourth-order valence-corrected chi connectivity index (χ4v) is 2.34. The summed E-state index contributed by atoms with van der Waals surface area (Å²) in [5, 5.41) is 23.0. The van der Waals surface area contributed by atoms with Crippen molar-refractivity contribution in [2.24, 2.45) is 0 Å². The number of carbonyl (C=O) groups excluding carboxylic acids is 1. The van der Waals surface area contributed by atoms with Crippen molar-refractivity contribution in [2.45, 2.75) is 0 Å². The lowest BCUT2D eigenvalue weighted by molar-refractivity contribution is -0.385. The fraction of sp³-hybridized carbons (Fsp3) is 0. The van der Waals surface area contributed by atoms with Gasteiger partial charge in [0.25, 0.3) is 11.6 Å². The van der Waals surface area contributed by atoms with Gasteiger partial charge in [-0.2, -0.15) is 5.26 Å². The molecule has 1 amide bonds. The minimum Gasteiger partial charge on any atom is -0.320 e. The Bertz CT molecular complexity index is 962. The molecule has 0 saturated carbocycles. The van der Waals surface area contributed by atoms with Gasteiger partial charge < -0.3 is 5.32 Å². The third-order valence-corrected chi connectivity index (χ3v) is 4.06. The highest BCUT2D eigenvalue weighted by Gasteiger charge is 2.12. The largest absolute Gasteiger partial charge is 0.320 e. The van der Waals surface area contributed by atoms with Crippen molar-refractivity contribution < 1.29 is 9.72 Å². The van der Waals surface area contributed by atoms with E-state index in [2.05, 4.69) is 5.32 Å². The average molecular weight is 388 g/mol. The molecule has 2 rings (SSSR count). The molecule has 8 heteroatoms. The van der Waals surface area contributed by atoms with Gasteiger partial charge in [-0.15, -0.1) is 0 Å². The van der Waals surface area contributed by atoms with Crippen molar-refractivity contribution in [3.8, 4) is 6.07 Å². The first-order valence-corrected chi connectivity index (χ1v) is 7.97. The molecule has 0 aliphatic heterocycles. The maximum Gasteiger partial charge on any atom is 0.276 e. The summed E-state index contributed by atoms with van der Waals surface area (Å²) in [7, 11) is 0. The first kappa shape index (κ1) is 19.2. The Hall–Kier alpha value is -3.14. The molecule has 0 radical (unpaired) electrons. The number of nitrogens with zero attached hydrogens (tertiary/aromatic N) is 2. The van der Waals surface area contributed by atoms with E-state index in [1.165, 1.54) is 24.3 Å². The molecule has 26 heavy (non-hydrogen) atoms. The number of para-hydroxylation sites is 1. The quantitative estimate of drug-likeness (QED) is 0.256. The normalized spacial score (nSPS) is 11.2. The number of hydrogen-bond donors (Lipinski definition) is 1. The van der Waals surface area contributed by atoms with Gasteiger partial charge in [0.1, 0.15) is 11.6 Å². The fourth-order valence-electron chi connectivity index (χ4n) is 2.00. The van der Waals surface area contributed by atoms with Crippen molar-refractivity contribution in [1.82, 2.24) is 0 Å². The summed E-state index contributed by atoms with van der Waals surface area (Å²) in [5.41, 5.74) is 0.346. The number of benzene rings is 2. The molecule has 6 nitrogen and oxygen atoms in total. The first-order valence-electron chi connectivity index (χ1n) is 7.21. The molecule has 1 N–H and O–H groups in total. The maximum absolute atomic E-state index is 12.2. The van der Waals surface area contributed by atoms with Crippen molar-refractivity contribution in [2.75, 3.05) is 5.32 Å². The molecule has 2 aromatic rings. The molecule has 0 aliphatic carbocycles. The third-order valence-electron chi connectivity index (χ3n) is 3.24. The molecule has 0 saturated heterocycles. The zero-order valence-electron chi connectivity index (χ0n) is 13.1. The van der Waals surface area contributed by atoms with Crippen LogP contribution in [-0.2, 0) is 4.79 Å². The Morgan fingerprint density at radius 3 is 2.62 bits per heavy atom. The Morgan fingerprint density at radius 1 is 1.19 bits per heavy atom. The molecule has 0 heterocycles. The minimum absolute atomic E-state index is 0.0779. The van der Waals surface area contributed by atoms with E-state index in [0.717, 1.165) is 0 Å². The predicted octanol–water partition coefficient (Wildman–Crippen LogP) is 5.00. The van der Waals surface area contributed by atoms with E-state index in [9.17, 15) is 14.9 Å². The SMILES string of the molecule is N#C/C(=C\C=C\c1ccccc1[N+](=O)[O-])C(=O)Nc1cccc(Cl)c1Cl. The summed E-state index contributed by atoms with van der Waals surface area (Å²) in [5.74, 6) is -0.677. The Labute approximate surface area is 159 Å². The van der Waals surface area contributed by atoms with Gasteiger partial charge in [-0.3, -0.25) is 14.9 Å². The van der Waals surface area contributed by atoms with Crippen LogP contribution >= 0.6 is 23.2 Å². The zero-order valence-corrected chi connectivity index (χ0v) is 14.7. The van der Waals surface area contributed by atoms with Gasteiger partial charge in [-0.05, 0) is 30.4 Å². The summed E-state index contributed by atoms with van der Waals surface area (Å²) in [6, 6.07) is 12.6. The van der Waals surface area contributed by atoms with Crippen LogP contribution < -0.4 is 5.32 Å². The van der Waals surface area contributed by atoms with Gasteiger partial charge in [0, 0.05) is 6.07 Å². The second-order valence-corrected chi connectivity index (χ2v) is 5.71. The number of hydrogen-bond acceptors (Lipinski definition) is 4. The molecule has 0 spiro atoms. The van der Waals surface area contributed by atoms with Crippen LogP contribution in [0, 0.1) is 21.4 Å². The van der Waals surface area contributed by atoms with Crippen molar-refractivity contribution in [3.63, 3.8) is 0 Å². The van der Waals surface area contributed by atoms with E-state index in [1.54, 1.807) is 42.5 Å². The molecule has 130 valence electrons. The minimum atomic E-state index is -0.677. The third kappa shape index (κ3) is 4.70. The number of allylic oxidation sites excluding steroid dienone is 2. The molecular weight excluding hydrogens is 377 g/mol. The van der Waals surface area contributed by atoms with E-state index in [0.29, 0.717) is 5.56 Å². The lowest BCUT2D eigenvalue weighted by atomic mass is 10.1. The molecule has 0 aromatic heterocycles. The number of halogens is 2. The summed E-state index contributed by atoms with van der Waals surface area (Å²) >= 11 is 11.9. The van der Waals surface area contributed by atoms with Gasteiger partial charge in [-0.1, -0.05) is 47.5 Å². The zero-order chi connectivity index (χ0) is 19.1. The molecule has 0 bridgehead atoms. The van der Waals surface area contributed by atoms with Crippen LogP contribution in [-0.4, -0.2) is 10.8 Å². The number of amides is 1. The van der Waals surface area contributed by atoms with Crippen LogP contribution in [0.3, 0.4) is 0 Å². The second kappa shape index (κ2) is 8.81. The highest BCUT2D eigenvalue weighted by atomic mass is 35.5. The average Bonchev–Trinajstić information content (AvgIpc) is 2.62. The topological polar surface area (TPSA) is 96.0 Å². The number of anilines is 1. The van der Waals surface area contributed by atoms with Crippen LogP contribution in [0.4, 0.5) is 11.4 Å². The Balaban J connectivity index is 2.20. The highest BCUT2D eigenvalue weighted by molar-refractivity contribution is 6.44. The lowest BCUT2D eigenvalue weighted by Gasteiger charge is -2.07. The number of nitrogens with one attached hydrogen (secondary N) is 1. The summed E-state index contributed by atoms with van der Waals surface area (Å²) in [4.78, 5) is 22.6. The van der Waals surface area contributed by atoms with Gasteiger partial charge in [0.05, 0.1) is 26.2 Å². The van der Waals surface area contributed by atoms with Crippen LogP contribution in [0.15, 0.2) is 60.2 Å². The smallest absolute Gasteiger partial charge is 0.276 e. The first-order chi connectivity index (χ1) is 12.4. The number of nitro groups is 1. The molecule has 0 atom stereocenters. The van der Waals surface area contributed by atoms with Crippen LogP contribution in [0.25, 0.3) is 6.08 Å². The van der Waals surface area contributed by atoms with Crippen LogP contribution in [0.2, 0.25) is 10.0 Å². The van der Waals surface area contributed by atoms with Crippen molar-refractivity contribution >= 4 is 46.6 Å². The molecule has 0 aliphatic rings. The van der Waals surface area contributed by atoms with Crippen molar-refractivity contribution in [1.29, 1.82) is 5.26 Å². The highest BCUT2D eigenvalue weighted by Crippen LogP contribution is 2.29. The lowest BCUT2D eigenvalue weighted by Crippen LogP contribution is -2.13. The van der Waals surface area contributed by atoms with Gasteiger partial charge in [0.2, 0.25) is 0 Å². The molecular formula is C18H11Cl2N3O3. The molecule has 0 fully saturated rings. The molecule has 2 aromatic carbocycles. The van der Waals surface area contributed by atoms with Crippen LogP contribution in [0.1, 0.15) is 5.56 Å². The number of carbonyl (C=O) groups is 1. The standard InChI is InChI=1S/C18H11Cl2N3O3/c19-14-8-4-9-15(17(14)20)22-18(24)13(11-21)7-3-6-12-5-1-2-10-16(12)23(25)26/h1-10H,(H,22,24)/b6-3+,13-7+. The van der Waals surface area contributed by atoms with E-state index >= 15 is 0 Å². The van der Waals surface area contributed by atoms with Crippen LogP contribution in [0.5, 0.6) is 0 Å². The van der Waals surface area contributed by atoms with Gasteiger partial charge >= 0.3 is 0 Å². The van der Waals surface area contributed by atoms with E-state index in [4.69, 9.17) is 28.5 Å². The van der Waals surface area contributed by atoms with E-state index < -0.39 is 10.8 Å². The van der Waals surface area contributed by atoms with Gasteiger partial charge in [0.15, 0.2) is 0 Å². The monoisotopic (exact) mass is 387 g/mol. The maximum atomic E-state index is 12.2. The summed E-state index contributed by atoms with van der Waals surface area (Å²) in [6.07, 6.45) is 4.08. The molecule has 0 unspecified atom stereocenters. The summed E-state index contributed by atoms with van der Waals surface area (Å²) in [6.45, 7) is 0. The Morgan fingerprint density at radius 2 is 1.92 bits per heavy atom. The van der Waals surface area contributed by atoms with Gasteiger partial charge in [-0.25, -0.2) is 0 Å². The second-order valence-electron chi connectivity index (χ2n) is 4.92. The predicted molar refractivity (Wildman–Crippen MR) is 101 cm³/mol. The number of rotatable bonds is 5. The van der Waals surface area contributed by atoms with E-state index in [-0.39, 0.29) is 27.0 Å². The number of nitriles is 1. The van der Waals surface area contributed by atoms with E-state index in [1.807, 2.05) is 0 Å². The van der Waals surface area contributed by atoms with Crippen molar-refractivity contribution in [3.05, 3.63) is 85.9 Å².